The average molecular weight is 488 g/mol. The Kier molecular flexibility index (Phi) is 7.98. The van der Waals surface area contributed by atoms with E-state index >= 15 is 0 Å². The first kappa shape index (κ1) is 22.3. The van der Waals surface area contributed by atoms with Crippen LogP contribution in [0.5, 0.6) is 0 Å². The lowest BCUT2D eigenvalue weighted by Gasteiger charge is -2.09. The van der Waals surface area contributed by atoms with Gasteiger partial charge >= 0.3 is 0 Å². The van der Waals surface area contributed by atoms with E-state index in [1.807, 2.05) is 25.1 Å². The number of carbonyl (C=O) groups excluding carboxylic acids is 1. The Morgan fingerprint density at radius 2 is 1.96 bits per heavy atom. The molecule has 2 aromatic rings. The molecular formula is C17H18BrN3O5S2. The lowest BCUT2D eigenvalue weighted by Crippen LogP contribution is -2.35. The molecule has 0 aliphatic carbocycles. The smallest absolute Gasteiger partial charge is 0.270 e. The summed E-state index contributed by atoms with van der Waals surface area (Å²) in [7, 11) is -3.89. The molecule has 0 heterocycles. The minimum Gasteiger partial charge on any atom is -0.354 e. The van der Waals surface area contributed by atoms with Gasteiger partial charge in [-0.25, -0.2) is 13.1 Å². The molecule has 0 aliphatic heterocycles. The van der Waals surface area contributed by atoms with Crippen LogP contribution >= 0.6 is 27.7 Å². The number of amides is 1. The first-order valence-electron chi connectivity index (χ1n) is 8.09. The van der Waals surface area contributed by atoms with Gasteiger partial charge in [0.15, 0.2) is 0 Å². The monoisotopic (exact) mass is 487 g/mol. The van der Waals surface area contributed by atoms with Crippen LogP contribution in [0.2, 0.25) is 0 Å². The average Bonchev–Trinajstić information content (AvgIpc) is 2.64. The number of carbonyl (C=O) groups is 1. The number of thioether (sulfide) groups is 1. The Morgan fingerprint density at radius 1 is 1.21 bits per heavy atom. The van der Waals surface area contributed by atoms with Crippen molar-refractivity contribution < 1.29 is 18.1 Å². The quantitative estimate of drug-likeness (QED) is 0.243. The third-order valence-corrected chi connectivity index (χ3v) is 6.70. The molecular weight excluding hydrogens is 470 g/mol. The molecule has 0 unspecified atom stereocenters. The van der Waals surface area contributed by atoms with Gasteiger partial charge in [0.1, 0.15) is 0 Å². The number of nitrogens with zero attached hydrogens (tertiary/aromatic N) is 1. The number of non-ortho nitro benzene ring substituents is 1. The topological polar surface area (TPSA) is 118 Å². The molecule has 0 saturated carbocycles. The first-order valence-corrected chi connectivity index (χ1v) is 11.3. The van der Waals surface area contributed by atoms with Crippen LogP contribution in [0.15, 0.2) is 56.7 Å². The van der Waals surface area contributed by atoms with Crippen molar-refractivity contribution >= 4 is 49.3 Å². The minimum atomic E-state index is -3.89. The molecule has 0 saturated heterocycles. The number of nitrogens with one attached hydrogen (secondary N) is 2. The zero-order valence-corrected chi connectivity index (χ0v) is 18.1. The van der Waals surface area contributed by atoms with Crippen LogP contribution in [0.1, 0.15) is 5.56 Å². The van der Waals surface area contributed by atoms with Crippen LogP contribution in [-0.2, 0) is 14.8 Å². The summed E-state index contributed by atoms with van der Waals surface area (Å²) in [5, 5.41) is 13.4. The van der Waals surface area contributed by atoms with Gasteiger partial charge in [-0.3, -0.25) is 14.9 Å². The molecule has 2 rings (SSSR count). The fraction of sp³-hybridized carbons (Fsp3) is 0.235. The summed E-state index contributed by atoms with van der Waals surface area (Å²) < 4.78 is 27.6. The second kappa shape index (κ2) is 10.0. The molecule has 150 valence electrons. The number of halogens is 1. The molecule has 0 fully saturated rings. The molecule has 8 nitrogen and oxygen atoms in total. The van der Waals surface area contributed by atoms with Crippen molar-refractivity contribution in [2.75, 3.05) is 18.8 Å². The lowest BCUT2D eigenvalue weighted by atomic mass is 10.2. The van der Waals surface area contributed by atoms with Crippen LogP contribution in [-0.4, -0.2) is 38.1 Å². The highest BCUT2D eigenvalue weighted by molar-refractivity contribution is 9.10. The number of aryl methyl sites for hydroxylation is 1. The van der Waals surface area contributed by atoms with Crippen LogP contribution in [0.3, 0.4) is 0 Å². The zero-order chi connectivity index (χ0) is 20.7. The second-order valence-electron chi connectivity index (χ2n) is 5.70. The Morgan fingerprint density at radius 3 is 2.64 bits per heavy atom. The molecule has 0 spiro atoms. The van der Waals surface area contributed by atoms with E-state index in [9.17, 15) is 23.3 Å². The van der Waals surface area contributed by atoms with E-state index in [0.717, 1.165) is 21.0 Å². The van der Waals surface area contributed by atoms with E-state index in [1.165, 1.54) is 30.0 Å². The third-order valence-electron chi connectivity index (χ3n) is 3.57. The normalized spacial score (nSPS) is 11.2. The van der Waals surface area contributed by atoms with Crippen molar-refractivity contribution in [2.24, 2.45) is 0 Å². The molecule has 11 heteroatoms. The van der Waals surface area contributed by atoms with Gasteiger partial charge in [0.05, 0.1) is 15.6 Å². The van der Waals surface area contributed by atoms with Gasteiger partial charge in [-0.1, -0.05) is 22.0 Å². The van der Waals surface area contributed by atoms with Crippen molar-refractivity contribution in [1.82, 2.24) is 10.0 Å². The molecule has 0 atom stereocenters. The lowest BCUT2D eigenvalue weighted by molar-refractivity contribution is -0.385. The SMILES string of the molecule is Cc1cc(Br)ccc1SCC(=O)NCCNS(=O)(=O)c1cccc([N+](=O)[O-])c1. The number of rotatable bonds is 9. The maximum Gasteiger partial charge on any atom is 0.270 e. The van der Waals surface area contributed by atoms with Gasteiger partial charge in [-0.05, 0) is 36.8 Å². The van der Waals surface area contributed by atoms with Crippen molar-refractivity contribution in [3.05, 3.63) is 62.6 Å². The highest BCUT2D eigenvalue weighted by atomic mass is 79.9. The summed E-state index contributed by atoms with van der Waals surface area (Å²) in [6, 6.07) is 10.5. The molecule has 1 amide bonds. The van der Waals surface area contributed by atoms with Gasteiger partial charge in [-0.15, -0.1) is 11.8 Å². The van der Waals surface area contributed by atoms with Crippen LogP contribution in [0.4, 0.5) is 5.69 Å². The molecule has 0 aliphatic rings. The third kappa shape index (κ3) is 6.59. The molecule has 0 bridgehead atoms. The number of hydrogen-bond donors (Lipinski definition) is 2. The summed E-state index contributed by atoms with van der Waals surface area (Å²) in [6.45, 7) is 2.03. The summed E-state index contributed by atoms with van der Waals surface area (Å²) in [4.78, 5) is 22.8. The molecule has 2 N–H and O–H groups in total. The molecule has 2 aromatic carbocycles. The number of nitro benzene ring substituents is 1. The summed E-state index contributed by atoms with van der Waals surface area (Å²) >= 11 is 4.78. The highest BCUT2D eigenvalue weighted by Gasteiger charge is 2.17. The maximum absolute atomic E-state index is 12.2. The van der Waals surface area contributed by atoms with E-state index in [0.29, 0.717) is 0 Å². The van der Waals surface area contributed by atoms with Crippen molar-refractivity contribution in [1.29, 1.82) is 0 Å². The van der Waals surface area contributed by atoms with Gasteiger partial charge in [0, 0.05) is 34.6 Å². The molecule has 0 aromatic heterocycles. The predicted octanol–water partition coefficient (Wildman–Crippen LogP) is 2.85. The van der Waals surface area contributed by atoms with E-state index < -0.39 is 14.9 Å². The molecule has 28 heavy (non-hydrogen) atoms. The largest absolute Gasteiger partial charge is 0.354 e. The van der Waals surface area contributed by atoms with Gasteiger partial charge in [0.2, 0.25) is 15.9 Å². The van der Waals surface area contributed by atoms with Crippen molar-refractivity contribution in [2.45, 2.75) is 16.7 Å². The fourth-order valence-electron chi connectivity index (χ4n) is 2.20. The fourth-order valence-corrected chi connectivity index (χ4v) is 4.59. The van der Waals surface area contributed by atoms with Crippen molar-refractivity contribution in [3.8, 4) is 0 Å². The van der Waals surface area contributed by atoms with E-state index in [-0.39, 0.29) is 35.3 Å². The second-order valence-corrected chi connectivity index (χ2v) is 9.40. The summed E-state index contributed by atoms with van der Waals surface area (Å²) in [5.74, 6) is -0.0121. The van der Waals surface area contributed by atoms with Crippen LogP contribution < -0.4 is 10.0 Å². The number of hydrogen-bond acceptors (Lipinski definition) is 6. The molecule has 0 radical (unpaired) electrons. The zero-order valence-electron chi connectivity index (χ0n) is 14.8. The predicted molar refractivity (Wildman–Crippen MR) is 111 cm³/mol. The highest BCUT2D eigenvalue weighted by Crippen LogP contribution is 2.25. The standard InChI is InChI=1S/C17H18BrN3O5S2/c1-12-9-13(18)5-6-16(12)27-11-17(22)19-7-8-20-28(25,26)15-4-2-3-14(10-15)21(23)24/h2-6,9-10,20H,7-8,11H2,1H3,(H,19,22). The number of nitro groups is 1. The Labute approximate surface area is 175 Å². The van der Waals surface area contributed by atoms with Gasteiger partial charge in [-0.2, -0.15) is 0 Å². The first-order chi connectivity index (χ1) is 13.2. The van der Waals surface area contributed by atoms with Crippen LogP contribution in [0.25, 0.3) is 0 Å². The minimum absolute atomic E-state index is 0.0290. The van der Waals surface area contributed by atoms with E-state index in [1.54, 1.807) is 0 Å². The Hall–Kier alpha value is -1.95. The Bertz CT molecular complexity index is 983. The van der Waals surface area contributed by atoms with Gasteiger partial charge < -0.3 is 5.32 Å². The van der Waals surface area contributed by atoms with Crippen LogP contribution in [0, 0.1) is 17.0 Å². The maximum atomic E-state index is 12.2. The van der Waals surface area contributed by atoms with E-state index in [4.69, 9.17) is 0 Å². The summed E-state index contributed by atoms with van der Waals surface area (Å²) in [6.07, 6.45) is 0. The Balaban J connectivity index is 1.79. The number of benzene rings is 2. The number of sulfonamides is 1. The summed E-state index contributed by atoms with van der Waals surface area (Å²) in [5.41, 5.74) is 0.744. The van der Waals surface area contributed by atoms with E-state index in [2.05, 4.69) is 26.0 Å². The van der Waals surface area contributed by atoms with Crippen molar-refractivity contribution in [3.63, 3.8) is 0 Å². The van der Waals surface area contributed by atoms with Gasteiger partial charge in [0.25, 0.3) is 5.69 Å².